The molecule has 0 aliphatic carbocycles. The van der Waals surface area contributed by atoms with E-state index < -0.39 is 0 Å². The van der Waals surface area contributed by atoms with Gasteiger partial charge in [0.25, 0.3) is 0 Å². The van der Waals surface area contributed by atoms with Gasteiger partial charge in [0.05, 0.1) is 6.20 Å². The van der Waals surface area contributed by atoms with Gasteiger partial charge in [0.1, 0.15) is 5.76 Å². The van der Waals surface area contributed by atoms with Crippen molar-refractivity contribution in [3.05, 3.63) is 52.4 Å². The maximum Gasteiger partial charge on any atom is 0.315 e. The molecule has 0 fully saturated rings. The molecule has 0 unspecified atom stereocenters. The quantitative estimate of drug-likeness (QED) is 0.904. The van der Waals surface area contributed by atoms with E-state index in [1.54, 1.807) is 25.3 Å². The molecule has 0 aliphatic rings. The van der Waals surface area contributed by atoms with Crippen LogP contribution in [0.2, 0.25) is 5.02 Å². The average molecular weight is 280 g/mol. The Morgan fingerprint density at radius 1 is 1.26 bits per heavy atom. The molecule has 100 valence electrons. The monoisotopic (exact) mass is 279 g/mol. The summed E-state index contributed by atoms with van der Waals surface area (Å²) < 4.78 is 4.90. The Balaban J connectivity index is 1.76. The summed E-state index contributed by atoms with van der Waals surface area (Å²) in [5.41, 5.74) is 1.85. The fourth-order valence-electron chi connectivity index (χ4n) is 1.51. The molecule has 0 bridgehead atoms. The molecule has 0 radical (unpaired) electrons. The van der Waals surface area contributed by atoms with Crippen LogP contribution in [-0.4, -0.2) is 11.2 Å². The van der Waals surface area contributed by atoms with Gasteiger partial charge in [-0.15, -0.1) is 0 Å². The van der Waals surface area contributed by atoms with Crippen LogP contribution in [0.4, 0.5) is 4.79 Å². The van der Waals surface area contributed by atoms with Crippen LogP contribution in [0.15, 0.2) is 35.0 Å². The van der Waals surface area contributed by atoms with Crippen molar-refractivity contribution in [3.63, 3.8) is 0 Å². The third kappa shape index (κ3) is 3.99. The van der Waals surface area contributed by atoms with Crippen molar-refractivity contribution in [1.82, 2.24) is 15.8 Å². The van der Waals surface area contributed by atoms with E-state index in [-0.39, 0.29) is 6.03 Å². The predicted molar refractivity (Wildman–Crippen MR) is 71.8 cm³/mol. The topological polar surface area (TPSA) is 67.2 Å². The minimum absolute atomic E-state index is 0.240. The molecular weight excluding hydrogens is 266 g/mol. The highest BCUT2D eigenvalue weighted by atomic mass is 35.5. The molecule has 0 spiro atoms. The van der Waals surface area contributed by atoms with Crippen LogP contribution in [0, 0.1) is 6.92 Å². The molecule has 6 heteroatoms. The van der Waals surface area contributed by atoms with Gasteiger partial charge in [-0.1, -0.05) is 28.9 Å². The van der Waals surface area contributed by atoms with Gasteiger partial charge in [-0.3, -0.25) is 0 Å². The Kier molecular flexibility index (Phi) is 4.41. The summed E-state index contributed by atoms with van der Waals surface area (Å²) in [5, 5.41) is 9.81. The van der Waals surface area contributed by atoms with Gasteiger partial charge in [-0.05, 0) is 24.6 Å². The first-order valence-corrected chi connectivity index (χ1v) is 6.19. The molecule has 2 aromatic rings. The van der Waals surface area contributed by atoms with E-state index in [9.17, 15) is 4.79 Å². The minimum atomic E-state index is -0.240. The number of rotatable bonds is 4. The van der Waals surface area contributed by atoms with Gasteiger partial charge in [0, 0.05) is 23.7 Å². The molecule has 2 rings (SSSR count). The molecule has 19 heavy (non-hydrogen) atoms. The number of nitrogens with one attached hydrogen (secondary N) is 2. The second-order valence-corrected chi connectivity index (χ2v) is 4.51. The molecule has 2 amide bonds. The van der Waals surface area contributed by atoms with Gasteiger partial charge in [-0.2, -0.15) is 0 Å². The average Bonchev–Trinajstić information content (AvgIpc) is 2.81. The number of halogens is 1. The largest absolute Gasteiger partial charge is 0.361 e. The number of aromatic nitrogens is 1. The van der Waals surface area contributed by atoms with Gasteiger partial charge >= 0.3 is 6.03 Å². The number of amides is 2. The molecule has 5 nitrogen and oxygen atoms in total. The summed E-state index contributed by atoms with van der Waals surface area (Å²) in [7, 11) is 0. The summed E-state index contributed by atoms with van der Waals surface area (Å²) in [6.07, 6.45) is 1.59. The van der Waals surface area contributed by atoms with E-state index in [0.29, 0.717) is 23.9 Å². The molecular formula is C13H14ClN3O2. The number of hydrogen-bond acceptors (Lipinski definition) is 3. The summed E-state index contributed by atoms with van der Waals surface area (Å²) in [6.45, 7) is 2.64. The van der Waals surface area contributed by atoms with Crippen molar-refractivity contribution in [2.45, 2.75) is 20.0 Å². The lowest BCUT2D eigenvalue weighted by Gasteiger charge is -2.07. The van der Waals surface area contributed by atoms with Crippen LogP contribution < -0.4 is 10.6 Å². The lowest BCUT2D eigenvalue weighted by Crippen LogP contribution is -2.34. The van der Waals surface area contributed by atoms with Crippen molar-refractivity contribution >= 4 is 17.6 Å². The second-order valence-electron chi connectivity index (χ2n) is 4.07. The first kappa shape index (κ1) is 13.4. The van der Waals surface area contributed by atoms with Crippen molar-refractivity contribution < 1.29 is 9.32 Å². The fraction of sp³-hybridized carbons (Fsp3) is 0.231. The number of benzene rings is 1. The van der Waals surface area contributed by atoms with Crippen LogP contribution in [0.5, 0.6) is 0 Å². The van der Waals surface area contributed by atoms with Crippen LogP contribution in [-0.2, 0) is 13.1 Å². The summed E-state index contributed by atoms with van der Waals surface area (Å²) in [4.78, 5) is 11.6. The van der Waals surface area contributed by atoms with E-state index in [0.717, 1.165) is 11.1 Å². The highest BCUT2D eigenvalue weighted by Crippen LogP contribution is 2.09. The minimum Gasteiger partial charge on any atom is -0.361 e. The van der Waals surface area contributed by atoms with Crippen molar-refractivity contribution in [3.8, 4) is 0 Å². The van der Waals surface area contributed by atoms with Gasteiger partial charge < -0.3 is 15.2 Å². The maximum atomic E-state index is 11.6. The van der Waals surface area contributed by atoms with E-state index in [1.165, 1.54) is 0 Å². The van der Waals surface area contributed by atoms with Gasteiger partial charge in [0.15, 0.2) is 0 Å². The van der Waals surface area contributed by atoms with Crippen LogP contribution in [0.3, 0.4) is 0 Å². The van der Waals surface area contributed by atoms with Crippen LogP contribution in [0.25, 0.3) is 0 Å². The molecule has 0 saturated carbocycles. The number of aryl methyl sites for hydroxylation is 1. The van der Waals surface area contributed by atoms with E-state index in [4.69, 9.17) is 16.1 Å². The molecule has 1 aromatic carbocycles. The Morgan fingerprint density at radius 3 is 2.58 bits per heavy atom. The SMILES string of the molecule is Cc1oncc1CNC(=O)NCc1ccc(Cl)cc1. The lowest BCUT2D eigenvalue weighted by atomic mass is 10.2. The van der Waals surface area contributed by atoms with Crippen LogP contribution >= 0.6 is 11.6 Å². The number of carbonyl (C=O) groups is 1. The Morgan fingerprint density at radius 2 is 1.95 bits per heavy atom. The molecule has 2 N–H and O–H groups in total. The summed E-state index contributed by atoms with van der Waals surface area (Å²) in [6, 6.07) is 7.07. The van der Waals surface area contributed by atoms with Crippen molar-refractivity contribution in [2.75, 3.05) is 0 Å². The Hall–Kier alpha value is -2.01. The molecule has 1 aromatic heterocycles. The van der Waals surface area contributed by atoms with Crippen molar-refractivity contribution in [1.29, 1.82) is 0 Å². The zero-order valence-electron chi connectivity index (χ0n) is 10.4. The Labute approximate surface area is 115 Å². The fourth-order valence-corrected chi connectivity index (χ4v) is 1.64. The summed E-state index contributed by atoms with van der Waals surface area (Å²) in [5.74, 6) is 0.706. The summed E-state index contributed by atoms with van der Waals surface area (Å²) >= 11 is 5.78. The number of hydrogen-bond donors (Lipinski definition) is 2. The smallest absolute Gasteiger partial charge is 0.315 e. The number of carbonyl (C=O) groups excluding carboxylic acids is 1. The first-order chi connectivity index (χ1) is 9.15. The highest BCUT2D eigenvalue weighted by Gasteiger charge is 2.05. The van der Waals surface area contributed by atoms with Gasteiger partial charge in [0.2, 0.25) is 0 Å². The number of urea groups is 1. The molecule has 1 heterocycles. The van der Waals surface area contributed by atoms with E-state index in [2.05, 4.69) is 15.8 Å². The molecule has 0 aliphatic heterocycles. The Bertz CT molecular complexity index is 551. The zero-order valence-corrected chi connectivity index (χ0v) is 11.2. The predicted octanol–water partition coefficient (Wildman–Crippen LogP) is 2.64. The first-order valence-electron chi connectivity index (χ1n) is 5.81. The third-order valence-electron chi connectivity index (χ3n) is 2.66. The van der Waals surface area contributed by atoms with Crippen molar-refractivity contribution in [2.24, 2.45) is 0 Å². The zero-order chi connectivity index (χ0) is 13.7. The van der Waals surface area contributed by atoms with E-state index >= 15 is 0 Å². The molecule has 0 saturated heterocycles. The lowest BCUT2D eigenvalue weighted by molar-refractivity contribution is 0.240. The third-order valence-corrected chi connectivity index (χ3v) is 2.91. The van der Waals surface area contributed by atoms with Gasteiger partial charge in [-0.25, -0.2) is 4.79 Å². The maximum absolute atomic E-state index is 11.6. The van der Waals surface area contributed by atoms with Crippen LogP contribution in [0.1, 0.15) is 16.9 Å². The highest BCUT2D eigenvalue weighted by molar-refractivity contribution is 6.30. The standard InChI is InChI=1S/C13H14ClN3O2/c1-9-11(8-17-19-9)7-16-13(18)15-6-10-2-4-12(14)5-3-10/h2-5,8H,6-7H2,1H3,(H2,15,16,18). The van der Waals surface area contributed by atoms with E-state index in [1.807, 2.05) is 12.1 Å². The normalized spacial score (nSPS) is 10.2. The second kappa shape index (κ2) is 6.24. The number of nitrogens with zero attached hydrogens (tertiary/aromatic N) is 1. The molecule has 0 atom stereocenters.